The van der Waals surface area contributed by atoms with E-state index in [2.05, 4.69) is 15.8 Å². The van der Waals surface area contributed by atoms with Gasteiger partial charge in [-0.3, -0.25) is 9.59 Å². The average Bonchev–Trinajstić information content (AvgIpc) is 2.83. The van der Waals surface area contributed by atoms with Crippen LogP contribution < -0.4 is 15.5 Å². The summed E-state index contributed by atoms with van der Waals surface area (Å²) in [7, 11) is 0. The zero-order valence-electron chi connectivity index (χ0n) is 19.4. The number of hydrazone groups is 1. The molecule has 2 aromatic rings. The predicted molar refractivity (Wildman–Crippen MR) is 132 cm³/mol. The minimum absolute atomic E-state index is 0.468. The van der Waals surface area contributed by atoms with E-state index in [1.54, 1.807) is 24.3 Å². The molecule has 0 aliphatic heterocycles. The number of rotatable bonds is 5. The van der Waals surface area contributed by atoms with Crippen LogP contribution in [0.2, 0.25) is 0 Å². The Balaban J connectivity index is 1.45. The van der Waals surface area contributed by atoms with Gasteiger partial charge in [0.25, 0.3) is 0 Å². The Morgan fingerprint density at radius 2 is 1.30 bits per heavy atom. The first-order chi connectivity index (χ1) is 16.2. The molecular formula is C27H35N3O3. The van der Waals surface area contributed by atoms with Gasteiger partial charge in [-0.05, 0) is 55.5 Å². The second-order valence-electron chi connectivity index (χ2n) is 8.55. The summed E-state index contributed by atoms with van der Waals surface area (Å²) < 4.78 is 5.75. The monoisotopic (exact) mass is 449 g/mol. The Morgan fingerprint density at radius 1 is 0.727 bits per heavy atom. The van der Waals surface area contributed by atoms with Crippen LogP contribution in [-0.2, 0) is 16.2 Å². The van der Waals surface area contributed by atoms with E-state index in [1.807, 2.05) is 30.3 Å². The van der Waals surface area contributed by atoms with Crippen molar-refractivity contribution in [3.05, 3.63) is 60.2 Å². The zero-order valence-corrected chi connectivity index (χ0v) is 19.4. The lowest BCUT2D eigenvalue weighted by Crippen LogP contribution is -2.33. The van der Waals surface area contributed by atoms with Crippen molar-refractivity contribution in [3.63, 3.8) is 0 Å². The minimum Gasteiger partial charge on any atom is -0.489 e. The fourth-order valence-electron chi connectivity index (χ4n) is 3.88. The highest BCUT2D eigenvalue weighted by Gasteiger charge is 2.14. The molecule has 6 nitrogen and oxygen atoms in total. The second kappa shape index (κ2) is 14.1. The molecule has 1 saturated carbocycles. The Bertz CT molecular complexity index is 881. The molecule has 1 aliphatic carbocycles. The average molecular weight is 450 g/mol. The number of nitrogens with one attached hydrogen (secondary N) is 2. The summed E-state index contributed by atoms with van der Waals surface area (Å²) in [5, 5.41) is 6.89. The van der Waals surface area contributed by atoms with Gasteiger partial charge in [0.2, 0.25) is 0 Å². The Kier molecular flexibility index (Phi) is 10.5. The second-order valence-corrected chi connectivity index (χ2v) is 8.55. The summed E-state index contributed by atoms with van der Waals surface area (Å²) in [4.78, 5) is 24.5. The lowest BCUT2D eigenvalue weighted by Gasteiger charge is -2.10. The van der Waals surface area contributed by atoms with Gasteiger partial charge in [0.15, 0.2) is 0 Å². The molecule has 0 spiro atoms. The fraction of sp³-hybridized carbons (Fsp3) is 0.444. The van der Waals surface area contributed by atoms with Crippen molar-refractivity contribution >= 4 is 23.2 Å². The van der Waals surface area contributed by atoms with Crippen molar-refractivity contribution in [2.24, 2.45) is 5.10 Å². The smallest absolute Gasteiger partial charge is 0.329 e. The van der Waals surface area contributed by atoms with Crippen molar-refractivity contribution in [2.75, 3.05) is 5.32 Å². The van der Waals surface area contributed by atoms with E-state index in [9.17, 15) is 9.59 Å². The van der Waals surface area contributed by atoms with Crippen LogP contribution in [0, 0.1) is 0 Å². The molecule has 0 unspecified atom stereocenters. The number of carbonyl (C=O) groups is 2. The molecule has 1 aliphatic rings. The fourth-order valence-corrected chi connectivity index (χ4v) is 3.88. The van der Waals surface area contributed by atoms with Crippen LogP contribution in [0.4, 0.5) is 5.69 Å². The minimum atomic E-state index is -0.752. The molecule has 6 heteroatoms. The number of benzene rings is 2. The van der Waals surface area contributed by atoms with E-state index in [0.29, 0.717) is 18.0 Å². The summed E-state index contributed by atoms with van der Waals surface area (Å²) in [5.41, 5.74) is 5.04. The van der Waals surface area contributed by atoms with E-state index < -0.39 is 11.8 Å². The highest BCUT2D eigenvalue weighted by atomic mass is 16.5. The number of anilines is 1. The van der Waals surface area contributed by atoms with Gasteiger partial charge in [0, 0.05) is 11.4 Å². The van der Waals surface area contributed by atoms with Gasteiger partial charge in [-0.15, -0.1) is 0 Å². The third-order valence-corrected chi connectivity index (χ3v) is 5.81. The molecule has 3 rings (SSSR count). The Morgan fingerprint density at radius 3 is 1.91 bits per heavy atom. The van der Waals surface area contributed by atoms with Crippen LogP contribution in [0.1, 0.15) is 76.2 Å². The van der Waals surface area contributed by atoms with Crippen molar-refractivity contribution in [1.29, 1.82) is 0 Å². The third-order valence-electron chi connectivity index (χ3n) is 5.81. The summed E-state index contributed by atoms with van der Waals surface area (Å²) in [5.74, 6) is -0.793. The van der Waals surface area contributed by atoms with Crippen molar-refractivity contribution in [1.82, 2.24) is 5.43 Å². The first-order valence-electron chi connectivity index (χ1n) is 12.1. The van der Waals surface area contributed by atoms with Gasteiger partial charge in [-0.2, -0.15) is 5.10 Å². The zero-order chi connectivity index (χ0) is 23.1. The van der Waals surface area contributed by atoms with E-state index in [-0.39, 0.29) is 0 Å². The van der Waals surface area contributed by atoms with Gasteiger partial charge < -0.3 is 10.1 Å². The molecular weight excluding hydrogens is 414 g/mol. The van der Waals surface area contributed by atoms with E-state index in [0.717, 1.165) is 37.0 Å². The van der Waals surface area contributed by atoms with Crippen LogP contribution in [0.25, 0.3) is 0 Å². The summed E-state index contributed by atoms with van der Waals surface area (Å²) in [6, 6.07) is 16.9. The maximum absolute atomic E-state index is 12.3. The third kappa shape index (κ3) is 9.48. The number of hydrogen-bond donors (Lipinski definition) is 2. The first kappa shape index (κ1) is 24.5. The number of amides is 2. The number of nitrogens with zero attached hydrogens (tertiary/aromatic N) is 1. The Hall–Kier alpha value is -3.15. The molecule has 1 fully saturated rings. The summed E-state index contributed by atoms with van der Waals surface area (Å²) >= 11 is 0. The topological polar surface area (TPSA) is 79.8 Å². The van der Waals surface area contributed by atoms with Crippen molar-refractivity contribution in [2.45, 2.75) is 77.2 Å². The SMILES string of the molecule is O=C(NN=C1CCCCCCCCCCC1)C(=O)Nc1ccc(OCc2ccccc2)cc1. The molecule has 33 heavy (non-hydrogen) atoms. The lowest BCUT2D eigenvalue weighted by atomic mass is 10.00. The van der Waals surface area contributed by atoms with Crippen LogP contribution in [-0.4, -0.2) is 17.5 Å². The molecule has 0 saturated heterocycles. The van der Waals surface area contributed by atoms with Crippen LogP contribution in [0.15, 0.2) is 59.7 Å². The van der Waals surface area contributed by atoms with E-state index in [1.165, 1.54) is 44.9 Å². The lowest BCUT2D eigenvalue weighted by molar-refractivity contribution is -0.136. The molecule has 0 aromatic heterocycles. The van der Waals surface area contributed by atoms with Crippen LogP contribution >= 0.6 is 0 Å². The van der Waals surface area contributed by atoms with Gasteiger partial charge in [0.1, 0.15) is 12.4 Å². The van der Waals surface area contributed by atoms with E-state index >= 15 is 0 Å². The molecule has 0 atom stereocenters. The number of ether oxygens (including phenoxy) is 1. The van der Waals surface area contributed by atoms with Crippen LogP contribution in [0.3, 0.4) is 0 Å². The van der Waals surface area contributed by atoms with Gasteiger partial charge >= 0.3 is 11.8 Å². The van der Waals surface area contributed by atoms with Crippen molar-refractivity contribution < 1.29 is 14.3 Å². The molecule has 2 amide bonds. The van der Waals surface area contributed by atoms with E-state index in [4.69, 9.17) is 4.74 Å². The largest absolute Gasteiger partial charge is 0.489 e. The molecule has 2 N–H and O–H groups in total. The quantitative estimate of drug-likeness (QED) is 0.435. The highest BCUT2D eigenvalue weighted by Crippen LogP contribution is 2.18. The summed E-state index contributed by atoms with van der Waals surface area (Å²) in [6.45, 7) is 0.468. The molecule has 0 heterocycles. The maximum atomic E-state index is 12.3. The number of hydrogen-bond acceptors (Lipinski definition) is 4. The molecule has 2 aromatic carbocycles. The maximum Gasteiger partial charge on any atom is 0.329 e. The van der Waals surface area contributed by atoms with Crippen molar-refractivity contribution in [3.8, 4) is 5.75 Å². The Labute approximate surface area is 196 Å². The normalized spacial score (nSPS) is 15.5. The summed E-state index contributed by atoms with van der Waals surface area (Å²) in [6.07, 6.45) is 12.8. The number of carbonyl (C=O) groups excluding carboxylic acids is 2. The van der Waals surface area contributed by atoms with Gasteiger partial charge in [0.05, 0.1) is 0 Å². The van der Waals surface area contributed by atoms with Gasteiger partial charge in [-0.1, -0.05) is 75.3 Å². The predicted octanol–water partition coefficient (Wildman–Crippen LogP) is 5.98. The highest BCUT2D eigenvalue weighted by molar-refractivity contribution is 6.39. The molecule has 0 radical (unpaired) electrons. The van der Waals surface area contributed by atoms with Gasteiger partial charge in [-0.25, -0.2) is 5.43 Å². The standard InChI is InChI=1S/C27H35N3O3/c31-26(27(32)30-29-24-15-11-6-4-2-1-3-5-7-12-16-24)28-23-17-19-25(20-18-23)33-21-22-13-9-8-10-14-22/h8-10,13-14,17-20H,1-7,11-12,15-16,21H2,(H,28,31)(H,30,32). The van der Waals surface area contributed by atoms with Crippen LogP contribution in [0.5, 0.6) is 5.75 Å². The molecule has 176 valence electrons. The first-order valence-corrected chi connectivity index (χ1v) is 12.1. The molecule has 0 bridgehead atoms.